The summed E-state index contributed by atoms with van der Waals surface area (Å²) in [6.45, 7) is 0.879. The highest BCUT2D eigenvalue weighted by molar-refractivity contribution is 7.91. The summed E-state index contributed by atoms with van der Waals surface area (Å²) in [7, 11) is -3.21. The number of carbonyl (C=O) groups is 1. The number of alkyl halides is 6. The van der Waals surface area contributed by atoms with E-state index in [1.54, 1.807) is 0 Å². The third-order valence-corrected chi connectivity index (χ3v) is 7.07. The molecule has 0 aliphatic heterocycles. The Kier molecular flexibility index (Phi) is 6.77. The summed E-state index contributed by atoms with van der Waals surface area (Å²) in [6, 6.07) is 5.61. The molecule has 2 N–H and O–H groups in total. The Morgan fingerprint density at radius 2 is 1.69 bits per heavy atom. The molecule has 0 radical (unpaired) electrons. The van der Waals surface area contributed by atoms with Crippen LogP contribution in [0.15, 0.2) is 35.2 Å². The number of nitrogens with one attached hydrogen (secondary N) is 2. The van der Waals surface area contributed by atoms with Gasteiger partial charge in [-0.2, -0.15) is 31.4 Å². The molecule has 1 amide bonds. The van der Waals surface area contributed by atoms with Gasteiger partial charge < -0.3 is 10.1 Å². The molecule has 2 aromatic heterocycles. The zero-order valence-electron chi connectivity index (χ0n) is 19.9. The van der Waals surface area contributed by atoms with Gasteiger partial charge in [0.05, 0.1) is 15.4 Å². The fraction of sp³-hybridized carbons (Fsp3) is 0.318. The second-order valence-corrected chi connectivity index (χ2v) is 10.9. The predicted octanol–water partition coefficient (Wildman–Crippen LogP) is 5.41. The van der Waals surface area contributed by atoms with Crippen LogP contribution in [0.25, 0.3) is 0 Å². The minimum atomic E-state index is -5.05. The van der Waals surface area contributed by atoms with Gasteiger partial charge in [0.15, 0.2) is 11.5 Å². The smallest absolute Gasteiger partial charge is 0.414 e. The molecular weight excluding hydrogens is 561 g/mol. The summed E-state index contributed by atoms with van der Waals surface area (Å²) in [5.74, 6) is -4.65. The summed E-state index contributed by atoms with van der Waals surface area (Å²) in [6.07, 6.45) is -9.29. The van der Waals surface area contributed by atoms with E-state index in [1.807, 2.05) is 0 Å². The number of carbonyl (C=O) groups excluding carboxylic acids is 1. The molecule has 0 saturated heterocycles. The molecule has 2 heterocycles. The fourth-order valence-electron chi connectivity index (χ4n) is 3.68. The van der Waals surface area contributed by atoms with Crippen LogP contribution in [0, 0.1) is 17.5 Å². The van der Waals surface area contributed by atoms with Crippen molar-refractivity contribution in [2.24, 2.45) is 0 Å². The fourth-order valence-corrected chi connectivity index (χ4v) is 4.37. The van der Waals surface area contributed by atoms with Gasteiger partial charge in [-0.25, -0.2) is 13.4 Å². The van der Waals surface area contributed by atoms with Gasteiger partial charge in [-0.05, 0) is 43.5 Å². The van der Waals surface area contributed by atoms with Crippen molar-refractivity contribution in [1.82, 2.24) is 20.4 Å². The highest BCUT2D eigenvalue weighted by atomic mass is 32.2. The Morgan fingerprint density at radius 1 is 1.05 bits per heavy atom. The molecule has 1 unspecified atom stereocenters. The van der Waals surface area contributed by atoms with Crippen LogP contribution in [0.1, 0.15) is 40.2 Å². The van der Waals surface area contributed by atoms with Crippen LogP contribution in [0.3, 0.4) is 0 Å². The zero-order valence-corrected chi connectivity index (χ0v) is 20.7. The van der Waals surface area contributed by atoms with E-state index in [0.717, 1.165) is 13.2 Å². The molecule has 0 spiro atoms. The van der Waals surface area contributed by atoms with E-state index in [2.05, 4.69) is 25.7 Å². The third-order valence-electron chi connectivity index (χ3n) is 5.91. The lowest BCUT2D eigenvalue weighted by Crippen LogP contribution is -2.30. The van der Waals surface area contributed by atoms with Crippen molar-refractivity contribution in [3.63, 3.8) is 0 Å². The Labute approximate surface area is 215 Å². The average Bonchev–Trinajstić information content (AvgIpc) is 3.61. The Bertz CT molecular complexity index is 1570. The minimum absolute atomic E-state index is 0.0158. The van der Waals surface area contributed by atoms with Crippen LogP contribution in [-0.4, -0.2) is 42.9 Å². The lowest BCUT2D eigenvalue weighted by Gasteiger charge is -2.18. The zero-order chi connectivity index (χ0) is 29.0. The molecule has 9 nitrogen and oxygen atoms in total. The van der Waals surface area contributed by atoms with Crippen LogP contribution >= 0.6 is 0 Å². The molecular formula is C22H17F7N6O3S. The van der Waals surface area contributed by atoms with Crippen LogP contribution in [-0.2, 0) is 21.3 Å². The maximum absolute atomic E-state index is 14.7. The van der Waals surface area contributed by atoms with E-state index < -0.39 is 73.5 Å². The Balaban J connectivity index is 1.73. The first-order chi connectivity index (χ1) is 17.9. The number of anilines is 1. The van der Waals surface area contributed by atoms with Gasteiger partial charge in [0.25, 0.3) is 17.7 Å². The second-order valence-electron chi connectivity index (χ2n) is 8.74. The van der Waals surface area contributed by atoms with Crippen molar-refractivity contribution in [3.05, 3.63) is 58.7 Å². The molecule has 1 atom stereocenters. The number of nitrogens with zero attached hydrogens (tertiary/aromatic N) is 4. The predicted molar refractivity (Wildman–Crippen MR) is 120 cm³/mol. The van der Waals surface area contributed by atoms with Crippen molar-refractivity contribution >= 4 is 21.3 Å². The summed E-state index contributed by atoms with van der Waals surface area (Å²) in [4.78, 5) is 13.1. The van der Waals surface area contributed by atoms with Crippen molar-refractivity contribution in [2.45, 2.75) is 42.4 Å². The molecule has 3 aromatic rings. The first-order valence-corrected chi connectivity index (χ1v) is 12.8. The van der Waals surface area contributed by atoms with Crippen LogP contribution in [0.5, 0.6) is 11.8 Å². The largest absolute Gasteiger partial charge is 0.435 e. The van der Waals surface area contributed by atoms with Gasteiger partial charge in [-0.1, -0.05) is 6.07 Å². The normalized spacial score (nSPS) is 16.3. The van der Waals surface area contributed by atoms with Gasteiger partial charge in [-0.3, -0.25) is 4.79 Å². The Morgan fingerprint density at radius 3 is 2.23 bits per heavy atom. The highest BCUT2D eigenvalue weighted by Gasteiger charge is 2.65. The average molecular weight is 578 g/mol. The minimum Gasteiger partial charge on any atom is -0.414 e. The standard InChI is InChI=1S/C22H17F7N6O3S/c1-10-15(17(36)31-11-4-3-5-12(8-11)39(2,30)37)19(35-33-16(10)21(24,25)26)38-18-13(23)9-14(32-34-18)20(6-7-20)22(27,28)29/h3-5,8-9,30H,6-7H2,1-2H3,(H,31,36). The summed E-state index contributed by atoms with van der Waals surface area (Å²) < 4.78 is 120. The lowest BCUT2D eigenvalue weighted by molar-refractivity contribution is -0.161. The lowest BCUT2D eigenvalue weighted by atomic mass is 10.0. The number of hydrogen-bond donors (Lipinski definition) is 2. The van der Waals surface area contributed by atoms with E-state index in [1.165, 1.54) is 24.3 Å². The molecule has 17 heteroatoms. The first-order valence-electron chi connectivity index (χ1n) is 10.8. The summed E-state index contributed by atoms with van der Waals surface area (Å²) in [5.41, 5.74) is -6.27. The molecule has 1 aliphatic rings. The topological polar surface area (TPSA) is 131 Å². The quantitative estimate of drug-likeness (QED) is 0.374. The van der Waals surface area contributed by atoms with E-state index in [9.17, 15) is 39.7 Å². The maximum atomic E-state index is 14.7. The molecule has 39 heavy (non-hydrogen) atoms. The maximum Gasteiger partial charge on any atom is 0.435 e. The molecule has 1 saturated carbocycles. The Hall–Kier alpha value is -3.89. The van der Waals surface area contributed by atoms with Crippen molar-refractivity contribution in [3.8, 4) is 11.8 Å². The molecule has 4 rings (SSSR count). The van der Waals surface area contributed by atoms with E-state index in [-0.39, 0.29) is 23.4 Å². The van der Waals surface area contributed by atoms with Crippen LogP contribution < -0.4 is 10.1 Å². The van der Waals surface area contributed by atoms with E-state index in [0.29, 0.717) is 6.07 Å². The van der Waals surface area contributed by atoms with Gasteiger partial charge >= 0.3 is 12.4 Å². The molecule has 1 aliphatic carbocycles. The number of halogens is 7. The van der Waals surface area contributed by atoms with Gasteiger partial charge in [0, 0.05) is 22.9 Å². The summed E-state index contributed by atoms with van der Waals surface area (Å²) >= 11 is 0. The first kappa shape index (κ1) is 28.1. The second kappa shape index (κ2) is 9.39. The van der Waals surface area contributed by atoms with E-state index in [4.69, 9.17) is 9.52 Å². The number of aromatic nitrogens is 4. The van der Waals surface area contributed by atoms with Gasteiger partial charge in [0.2, 0.25) is 0 Å². The number of amides is 1. The van der Waals surface area contributed by atoms with Crippen LogP contribution in [0.2, 0.25) is 0 Å². The molecule has 1 aromatic carbocycles. The monoisotopic (exact) mass is 578 g/mol. The van der Waals surface area contributed by atoms with Gasteiger partial charge in [0.1, 0.15) is 11.0 Å². The highest BCUT2D eigenvalue weighted by Crippen LogP contribution is 2.58. The van der Waals surface area contributed by atoms with E-state index >= 15 is 0 Å². The van der Waals surface area contributed by atoms with Crippen LogP contribution in [0.4, 0.5) is 36.4 Å². The number of rotatable bonds is 6. The third kappa shape index (κ3) is 5.48. The number of ether oxygens (including phenoxy) is 1. The van der Waals surface area contributed by atoms with Crippen molar-refractivity contribution in [1.29, 1.82) is 4.78 Å². The van der Waals surface area contributed by atoms with Crippen molar-refractivity contribution < 1.29 is 44.5 Å². The SMILES string of the molecule is Cc1c(C(F)(F)F)nnc(Oc2nnc(C3(C(F)(F)F)CC3)cc2F)c1C(=O)Nc1cccc(S(C)(=N)=O)c1. The number of hydrogen-bond acceptors (Lipinski definition) is 8. The van der Waals surface area contributed by atoms with Gasteiger partial charge in [-0.15, -0.1) is 15.3 Å². The molecule has 208 valence electrons. The molecule has 0 bridgehead atoms. The van der Waals surface area contributed by atoms with Crippen molar-refractivity contribution in [2.75, 3.05) is 11.6 Å². The number of benzene rings is 1. The molecule has 1 fully saturated rings. The summed E-state index contributed by atoms with van der Waals surface area (Å²) in [5, 5.41) is 15.2.